The minimum Gasteiger partial charge on any atom is -0.366 e. The van der Waals surface area contributed by atoms with Gasteiger partial charge in [0.1, 0.15) is 6.10 Å². The normalized spacial score (nSPS) is 20.6. The molecule has 2 rings (SSSR count). The summed E-state index contributed by atoms with van der Waals surface area (Å²) in [5.74, 6) is -0.0681. The van der Waals surface area contributed by atoms with Gasteiger partial charge in [0.05, 0.1) is 12.8 Å². The second-order valence-corrected chi connectivity index (χ2v) is 4.22. The summed E-state index contributed by atoms with van der Waals surface area (Å²) < 4.78 is 7.11. The molecule has 0 unspecified atom stereocenters. The summed E-state index contributed by atoms with van der Waals surface area (Å²) in [6, 6.07) is 0. The number of hydrogen-bond donors (Lipinski definition) is 1. The Morgan fingerprint density at radius 1 is 1.78 bits per heavy atom. The van der Waals surface area contributed by atoms with E-state index in [9.17, 15) is 4.79 Å². The van der Waals surface area contributed by atoms with Crippen LogP contribution in [0, 0.1) is 0 Å². The van der Waals surface area contributed by atoms with E-state index < -0.39 is 0 Å². The first kappa shape index (κ1) is 12.8. The topological polar surface area (TPSA) is 59.4 Å². The fourth-order valence-electron chi connectivity index (χ4n) is 1.98. The molecule has 0 aliphatic carbocycles. The number of nitrogens with one attached hydrogen (secondary N) is 1. The number of morpholine rings is 1. The molecule has 1 aliphatic rings. The predicted molar refractivity (Wildman–Crippen MR) is 67.7 cm³/mol. The zero-order valence-electron chi connectivity index (χ0n) is 10.5. The number of nitrogens with zero attached hydrogens (tertiary/aromatic N) is 3. The number of aromatic nitrogens is 2. The maximum atomic E-state index is 11.5. The van der Waals surface area contributed by atoms with Crippen LogP contribution in [0.2, 0.25) is 0 Å². The van der Waals surface area contributed by atoms with Gasteiger partial charge in [-0.25, -0.2) is 4.68 Å². The minimum absolute atomic E-state index is 0.0681. The van der Waals surface area contributed by atoms with Crippen molar-refractivity contribution >= 4 is 12.1 Å². The Kier molecular flexibility index (Phi) is 4.11. The van der Waals surface area contributed by atoms with E-state index in [1.54, 1.807) is 17.9 Å². The van der Waals surface area contributed by atoms with Crippen LogP contribution < -0.4 is 5.32 Å². The first-order valence-corrected chi connectivity index (χ1v) is 5.94. The van der Waals surface area contributed by atoms with Crippen molar-refractivity contribution in [2.75, 3.05) is 26.7 Å². The summed E-state index contributed by atoms with van der Waals surface area (Å²) in [7, 11) is 1.62. The second-order valence-electron chi connectivity index (χ2n) is 4.22. The average molecular weight is 250 g/mol. The molecule has 1 amide bonds. The number of hydrogen-bond acceptors (Lipinski definition) is 4. The number of carbonyl (C=O) groups is 1. The van der Waals surface area contributed by atoms with Crippen LogP contribution >= 0.6 is 0 Å². The van der Waals surface area contributed by atoms with Gasteiger partial charge in [-0.05, 0) is 0 Å². The average Bonchev–Trinajstić information content (AvgIpc) is 2.86. The van der Waals surface area contributed by atoms with E-state index in [0.717, 1.165) is 18.7 Å². The molecule has 0 saturated carbocycles. The third-order valence-electron chi connectivity index (χ3n) is 2.94. The molecule has 1 atom stereocenters. The molecule has 0 spiro atoms. The van der Waals surface area contributed by atoms with Gasteiger partial charge in [0.2, 0.25) is 5.91 Å². The molecule has 98 valence electrons. The van der Waals surface area contributed by atoms with E-state index in [-0.39, 0.29) is 12.0 Å². The number of rotatable bonds is 4. The summed E-state index contributed by atoms with van der Waals surface area (Å²) in [4.78, 5) is 13.7. The Morgan fingerprint density at radius 3 is 3.28 bits per heavy atom. The molecule has 1 aromatic rings. The third kappa shape index (κ3) is 2.96. The van der Waals surface area contributed by atoms with Crippen molar-refractivity contribution in [2.24, 2.45) is 0 Å². The van der Waals surface area contributed by atoms with Crippen molar-refractivity contribution in [3.8, 4) is 0 Å². The zero-order valence-corrected chi connectivity index (χ0v) is 10.5. The van der Waals surface area contributed by atoms with Crippen LogP contribution in [0.15, 0.2) is 19.0 Å². The van der Waals surface area contributed by atoms with Gasteiger partial charge in [-0.3, -0.25) is 9.69 Å². The maximum Gasteiger partial charge on any atom is 0.250 e. The van der Waals surface area contributed by atoms with Crippen LogP contribution in [0.5, 0.6) is 0 Å². The van der Waals surface area contributed by atoms with Crippen LogP contribution in [-0.2, 0) is 16.1 Å². The number of likely N-dealkylation sites (N-methyl/N-ethyl adjacent to an activating group) is 1. The SMILES string of the molecule is C=Cn1cc(CN2CCO[C@@H](C(=O)NC)C2)cn1. The number of carbonyl (C=O) groups excluding carboxylic acids is 1. The molecule has 0 bridgehead atoms. The summed E-state index contributed by atoms with van der Waals surface area (Å²) in [6.07, 6.45) is 5.01. The Balaban J connectivity index is 1.93. The van der Waals surface area contributed by atoms with Crippen molar-refractivity contribution in [3.05, 3.63) is 24.5 Å². The molecule has 2 heterocycles. The highest BCUT2D eigenvalue weighted by Crippen LogP contribution is 2.10. The summed E-state index contributed by atoms with van der Waals surface area (Å²) in [5.41, 5.74) is 1.10. The van der Waals surface area contributed by atoms with Gasteiger partial charge >= 0.3 is 0 Å². The van der Waals surface area contributed by atoms with Crippen molar-refractivity contribution in [3.63, 3.8) is 0 Å². The third-order valence-corrected chi connectivity index (χ3v) is 2.94. The monoisotopic (exact) mass is 250 g/mol. The lowest BCUT2D eigenvalue weighted by atomic mass is 10.2. The first-order chi connectivity index (χ1) is 8.72. The van der Waals surface area contributed by atoms with Crippen LogP contribution in [-0.4, -0.2) is 53.4 Å². The lowest BCUT2D eigenvalue weighted by Crippen LogP contribution is -2.48. The largest absolute Gasteiger partial charge is 0.366 e. The summed E-state index contributed by atoms with van der Waals surface area (Å²) in [5, 5.41) is 6.74. The van der Waals surface area contributed by atoms with E-state index in [1.165, 1.54) is 0 Å². The molecular weight excluding hydrogens is 232 g/mol. The van der Waals surface area contributed by atoms with Crippen LogP contribution in [0.25, 0.3) is 6.20 Å². The van der Waals surface area contributed by atoms with Gasteiger partial charge < -0.3 is 10.1 Å². The Hall–Kier alpha value is -1.66. The van der Waals surface area contributed by atoms with Crippen LogP contribution in [0.1, 0.15) is 5.56 Å². The highest BCUT2D eigenvalue weighted by atomic mass is 16.5. The Labute approximate surface area is 106 Å². The molecule has 1 N–H and O–H groups in total. The fourth-order valence-corrected chi connectivity index (χ4v) is 1.98. The van der Waals surface area contributed by atoms with Crippen molar-refractivity contribution in [1.29, 1.82) is 0 Å². The van der Waals surface area contributed by atoms with Crippen molar-refractivity contribution in [2.45, 2.75) is 12.6 Å². The quantitative estimate of drug-likeness (QED) is 0.812. The summed E-state index contributed by atoms with van der Waals surface area (Å²) in [6.45, 7) is 6.43. The fraction of sp³-hybridized carbons (Fsp3) is 0.500. The molecule has 6 nitrogen and oxygen atoms in total. The van der Waals surface area contributed by atoms with Gasteiger partial charge in [-0.15, -0.1) is 0 Å². The van der Waals surface area contributed by atoms with Crippen LogP contribution in [0.4, 0.5) is 0 Å². The molecule has 1 fully saturated rings. The minimum atomic E-state index is -0.377. The zero-order chi connectivity index (χ0) is 13.0. The molecular formula is C12H18N4O2. The number of amides is 1. The van der Waals surface area contributed by atoms with Gasteiger partial charge in [-0.1, -0.05) is 6.58 Å². The standard InChI is InChI=1S/C12H18N4O2/c1-3-16-8-10(6-14-16)7-15-4-5-18-11(9-15)12(17)13-2/h3,6,8,11H,1,4-5,7,9H2,2H3,(H,13,17)/t11-/m1/s1. The van der Waals surface area contributed by atoms with Gasteiger partial charge in [-0.2, -0.15) is 5.10 Å². The molecule has 18 heavy (non-hydrogen) atoms. The molecule has 0 radical (unpaired) electrons. The van der Waals surface area contributed by atoms with E-state index >= 15 is 0 Å². The summed E-state index contributed by atoms with van der Waals surface area (Å²) >= 11 is 0. The van der Waals surface area contributed by atoms with Crippen molar-refractivity contribution < 1.29 is 9.53 Å². The van der Waals surface area contributed by atoms with Gasteiger partial charge in [0.25, 0.3) is 0 Å². The van der Waals surface area contributed by atoms with E-state index in [1.807, 2.05) is 12.4 Å². The first-order valence-electron chi connectivity index (χ1n) is 5.94. The molecule has 6 heteroatoms. The van der Waals surface area contributed by atoms with E-state index in [2.05, 4.69) is 21.9 Å². The smallest absolute Gasteiger partial charge is 0.250 e. The predicted octanol–water partition coefficient (Wildman–Crippen LogP) is -0.0696. The van der Waals surface area contributed by atoms with E-state index in [0.29, 0.717) is 13.2 Å². The Morgan fingerprint density at radius 2 is 2.61 bits per heavy atom. The van der Waals surface area contributed by atoms with Crippen LogP contribution in [0.3, 0.4) is 0 Å². The lowest BCUT2D eigenvalue weighted by Gasteiger charge is -2.31. The molecule has 1 aromatic heterocycles. The van der Waals surface area contributed by atoms with E-state index in [4.69, 9.17) is 4.74 Å². The highest BCUT2D eigenvalue weighted by molar-refractivity contribution is 5.80. The van der Waals surface area contributed by atoms with Gasteiger partial charge in [0.15, 0.2) is 0 Å². The molecule has 0 aromatic carbocycles. The Bertz CT molecular complexity index is 429. The second kappa shape index (κ2) is 5.79. The van der Waals surface area contributed by atoms with Crippen molar-refractivity contribution in [1.82, 2.24) is 20.0 Å². The highest BCUT2D eigenvalue weighted by Gasteiger charge is 2.25. The maximum absolute atomic E-state index is 11.5. The molecule has 1 aliphatic heterocycles. The number of ether oxygens (including phenoxy) is 1. The lowest BCUT2D eigenvalue weighted by molar-refractivity contribution is -0.138. The van der Waals surface area contributed by atoms with Gasteiger partial charge in [0, 0.05) is 44.6 Å². The molecule has 1 saturated heterocycles.